The van der Waals surface area contributed by atoms with Crippen molar-refractivity contribution in [2.24, 2.45) is 0 Å². The van der Waals surface area contributed by atoms with E-state index in [0.717, 1.165) is 50.1 Å². The normalized spacial score (nSPS) is 18.3. The number of hydrogen-bond acceptors (Lipinski definition) is 6. The topological polar surface area (TPSA) is 70.4 Å². The summed E-state index contributed by atoms with van der Waals surface area (Å²) in [6.45, 7) is 7.11. The SMILES string of the molecule is CCn1cc(N2Cc3nc(N4CCN(C)CC4)ncc3C2=O)cn1. The van der Waals surface area contributed by atoms with Gasteiger partial charge in [0.15, 0.2) is 0 Å². The van der Waals surface area contributed by atoms with Crippen molar-refractivity contribution in [2.75, 3.05) is 43.0 Å². The van der Waals surface area contributed by atoms with Crippen molar-refractivity contribution in [1.29, 1.82) is 0 Å². The van der Waals surface area contributed by atoms with Gasteiger partial charge in [-0.2, -0.15) is 5.10 Å². The van der Waals surface area contributed by atoms with Gasteiger partial charge in [0, 0.05) is 45.1 Å². The van der Waals surface area contributed by atoms with Crippen LogP contribution < -0.4 is 9.80 Å². The number of aromatic nitrogens is 4. The minimum atomic E-state index is -0.0504. The minimum absolute atomic E-state index is 0.0504. The molecular weight excluding hydrogens is 306 g/mol. The zero-order chi connectivity index (χ0) is 16.7. The number of amides is 1. The van der Waals surface area contributed by atoms with E-state index in [-0.39, 0.29) is 5.91 Å². The lowest BCUT2D eigenvalue weighted by atomic mass is 10.2. The quantitative estimate of drug-likeness (QED) is 0.822. The summed E-state index contributed by atoms with van der Waals surface area (Å²) in [5.74, 6) is 0.673. The number of fused-ring (bicyclic) bond motifs is 1. The summed E-state index contributed by atoms with van der Waals surface area (Å²) in [7, 11) is 2.12. The molecule has 1 fully saturated rings. The van der Waals surface area contributed by atoms with Gasteiger partial charge in [-0.25, -0.2) is 9.97 Å². The third-order valence-electron chi connectivity index (χ3n) is 4.68. The van der Waals surface area contributed by atoms with Crippen LogP contribution in [0.4, 0.5) is 11.6 Å². The smallest absolute Gasteiger partial charge is 0.262 e. The zero-order valence-corrected chi connectivity index (χ0v) is 14.0. The number of aryl methyl sites for hydroxylation is 1. The van der Waals surface area contributed by atoms with Crippen LogP contribution in [-0.4, -0.2) is 63.8 Å². The third-order valence-corrected chi connectivity index (χ3v) is 4.68. The van der Waals surface area contributed by atoms with Crippen molar-refractivity contribution in [2.45, 2.75) is 20.0 Å². The summed E-state index contributed by atoms with van der Waals surface area (Å²) < 4.78 is 1.81. The number of rotatable bonds is 3. The molecule has 0 aliphatic carbocycles. The lowest BCUT2D eigenvalue weighted by Crippen LogP contribution is -2.45. The predicted octanol–water partition coefficient (Wildman–Crippen LogP) is 0.605. The van der Waals surface area contributed by atoms with Crippen molar-refractivity contribution in [3.05, 3.63) is 29.8 Å². The van der Waals surface area contributed by atoms with E-state index >= 15 is 0 Å². The number of carbonyl (C=O) groups excluding carboxylic acids is 1. The number of anilines is 2. The fourth-order valence-corrected chi connectivity index (χ4v) is 3.11. The Morgan fingerprint density at radius 2 is 1.96 bits per heavy atom. The molecule has 2 aliphatic heterocycles. The van der Waals surface area contributed by atoms with E-state index in [1.807, 2.05) is 17.8 Å². The maximum Gasteiger partial charge on any atom is 0.262 e. The van der Waals surface area contributed by atoms with Crippen LogP contribution in [-0.2, 0) is 13.1 Å². The summed E-state index contributed by atoms with van der Waals surface area (Å²) in [6, 6.07) is 0. The van der Waals surface area contributed by atoms with E-state index in [4.69, 9.17) is 0 Å². The zero-order valence-electron chi connectivity index (χ0n) is 14.0. The highest BCUT2D eigenvalue weighted by Gasteiger charge is 2.32. The molecule has 2 aromatic heterocycles. The second kappa shape index (κ2) is 5.86. The number of nitrogens with zero attached hydrogens (tertiary/aromatic N) is 7. The van der Waals surface area contributed by atoms with Gasteiger partial charge in [-0.3, -0.25) is 14.4 Å². The predicted molar refractivity (Wildman–Crippen MR) is 90.2 cm³/mol. The summed E-state index contributed by atoms with van der Waals surface area (Å²) >= 11 is 0. The molecule has 0 radical (unpaired) electrons. The molecule has 2 aliphatic rings. The van der Waals surface area contributed by atoms with Crippen LogP contribution in [0, 0.1) is 0 Å². The van der Waals surface area contributed by atoms with Crippen LogP contribution in [0.2, 0.25) is 0 Å². The Labute approximate surface area is 140 Å². The number of carbonyl (C=O) groups is 1. The van der Waals surface area contributed by atoms with E-state index in [1.165, 1.54) is 0 Å². The first kappa shape index (κ1) is 15.1. The highest BCUT2D eigenvalue weighted by molar-refractivity contribution is 6.09. The Kier molecular flexibility index (Phi) is 3.68. The van der Waals surface area contributed by atoms with Gasteiger partial charge in [0.25, 0.3) is 5.91 Å². The monoisotopic (exact) mass is 327 g/mol. The second-order valence-corrected chi connectivity index (χ2v) is 6.27. The highest BCUT2D eigenvalue weighted by atomic mass is 16.2. The minimum Gasteiger partial charge on any atom is -0.338 e. The van der Waals surface area contributed by atoms with Crippen LogP contribution >= 0.6 is 0 Å². The Bertz CT molecular complexity index is 764. The van der Waals surface area contributed by atoms with Crippen molar-refractivity contribution in [3.63, 3.8) is 0 Å². The number of likely N-dealkylation sites (N-methyl/N-ethyl adjacent to an activating group) is 1. The Balaban J connectivity index is 1.57. The molecule has 8 heteroatoms. The van der Waals surface area contributed by atoms with Gasteiger partial charge in [-0.05, 0) is 14.0 Å². The summed E-state index contributed by atoms with van der Waals surface area (Å²) in [6.07, 6.45) is 5.28. The van der Waals surface area contributed by atoms with E-state index < -0.39 is 0 Å². The molecule has 1 saturated heterocycles. The standard InChI is InChI=1S/C16H21N7O/c1-3-22-10-12(8-18-22)23-11-14-13(15(23)24)9-17-16(19-14)21-6-4-20(2)5-7-21/h8-10H,3-7,11H2,1-2H3. The lowest BCUT2D eigenvalue weighted by Gasteiger charge is -2.32. The van der Waals surface area contributed by atoms with Gasteiger partial charge in [0.1, 0.15) is 0 Å². The maximum atomic E-state index is 12.6. The fourth-order valence-electron chi connectivity index (χ4n) is 3.11. The largest absolute Gasteiger partial charge is 0.338 e. The average molecular weight is 327 g/mol. The van der Waals surface area contributed by atoms with E-state index in [0.29, 0.717) is 12.1 Å². The van der Waals surface area contributed by atoms with Crippen molar-refractivity contribution in [1.82, 2.24) is 24.6 Å². The average Bonchev–Trinajstić information content (AvgIpc) is 3.20. The molecule has 0 spiro atoms. The summed E-state index contributed by atoms with van der Waals surface area (Å²) in [5, 5.41) is 4.25. The van der Waals surface area contributed by atoms with Gasteiger partial charge < -0.3 is 9.80 Å². The first-order chi connectivity index (χ1) is 11.7. The molecule has 0 unspecified atom stereocenters. The Morgan fingerprint density at radius 1 is 1.17 bits per heavy atom. The van der Waals surface area contributed by atoms with Gasteiger partial charge in [0.05, 0.1) is 29.7 Å². The highest BCUT2D eigenvalue weighted by Crippen LogP contribution is 2.27. The number of piperazine rings is 1. The van der Waals surface area contributed by atoms with Crippen LogP contribution in [0.3, 0.4) is 0 Å². The molecule has 0 N–H and O–H groups in total. The molecule has 8 nitrogen and oxygen atoms in total. The van der Waals surface area contributed by atoms with Crippen LogP contribution in [0.15, 0.2) is 18.6 Å². The van der Waals surface area contributed by atoms with Crippen molar-refractivity contribution < 1.29 is 4.79 Å². The maximum absolute atomic E-state index is 12.6. The van der Waals surface area contributed by atoms with Crippen LogP contribution in [0.25, 0.3) is 0 Å². The van der Waals surface area contributed by atoms with E-state index in [9.17, 15) is 4.79 Å². The molecular formula is C16H21N7O. The molecule has 4 heterocycles. The molecule has 126 valence electrons. The molecule has 24 heavy (non-hydrogen) atoms. The van der Waals surface area contributed by atoms with Gasteiger partial charge >= 0.3 is 0 Å². The van der Waals surface area contributed by atoms with E-state index in [2.05, 4.69) is 31.9 Å². The van der Waals surface area contributed by atoms with Gasteiger partial charge in [-0.15, -0.1) is 0 Å². The van der Waals surface area contributed by atoms with Crippen LogP contribution in [0.1, 0.15) is 23.0 Å². The molecule has 0 saturated carbocycles. The first-order valence-electron chi connectivity index (χ1n) is 8.29. The Morgan fingerprint density at radius 3 is 2.67 bits per heavy atom. The third kappa shape index (κ3) is 2.52. The van der Waals surface area contributed by atoms with Crippen molar-refractivity contribution >= 4 is 17.5 Å². The molecule has 2 aromatic rings. The van der Waals surface area contributed by atoms with Crippen molar-refractivity contribution in [3.8, 4) is 0 Å². The first-order valence-corrected chi connectivity index (χ1v) is 8.29. The van der Waals surface area contributed by atoms with Crippen LogP contribution in [0.5, 0.6) is 0 Å². The molecule has 0 bridgehead atoms. The Hall–Kier alpha value is -2.48. The summed E-state index contributed by atoms with van der Waals surface area (Å²) in [5.41, 5.74) is 2.20. The molecule has 0 atom stereocenters. The number of hydrogen-bond donors (Lipinski definition) is 0. The molecule has 1 amide bonds. The molecule has 4 rings (SSSR count). The molecule has 0 aromatic carbocycles. The van der Waals surface area contributed by atoms with E-state index in [1.54, 1.807) is 17.3 Å². The summed E-state index contributed by atoms with van der Waals surface area (Å²) in [4.78, 5) is 27.9. The second-order valence-electron chi connectivity index (χ2n) is 6.27. The van der Waals surface area contributed by atoms with Gasteiger partial charge in [-0.1, -0.05) is 0 Å². The van der Waals surface area contributed by atoms with Gasteiger partial charge in [0.2, 0.25) is 5.95 Å². The fraction of sp³-hybridized carbons (Fsp3) is 0.500. The lowest BCUT2D eigenvalue weighted by molar-refractivity contribution is 0.0996.